The molecule has 3 heterocycles. The molecule has 0 spiro atoms. The number of hydrogen-bond acceptors (Lipinski definition) is 4. The first-order chi connectivity index (χ1) is 12.0. The van der Waals surface area contributed by atoms with Crippen LogP contribution in [0.4, 0.5) is 0 Å². The van der Waals surface area contributed by atoms with Crippen LogP contribution in [0.15, 0.2) is 0 Å². The van der Waals surface area contributed by atoms with Gasteiger partial charge in [0.2, 0.25) is 0 Å². The summed E-state index contributed by atoms with van der Waals surface area (Å²) < 4.78 is 0.541. The van der Waals surface area contributed by atoms with Crippen LogP contribution < -0.4 is 0 Å². The van der Waals surface area contributed by atoms with Crippen LogP contribution in [0.3, 0.4) is 0 Å². The lowest BCUT2D eigenvalue weighted by atomic mass is 9.97. The van der Waals surface area contributed by atoms with Gasteiger partial charge in [0.25, 0.3) is 0 Å². The smallest absolute Gasteiger partial charge is 0.172 e. The largest absolute Gasteiger partial charge is 0.373 e. The summed E-state index contributed by atoms with van der Waals surface area (Å²) in [5, 5.41) is 12.2. The summed E-state index contributed by atoms with van der Waals surface area (Å²) in [5.41, 5.74) is -1.96. The van der Waals surface area contributed by atoms with Crippen molar-refractivity contribution in [3.8, 4) is 0 Å². The van der Waals surface area contributed by atoms with E-state index >= 15 is 0 Å². The lowest BCUT2D eigenvalue weighted by Crippen LogP contribution is -2.26. The first-order valence-electron chi connectivity index (χ1n) is 6.15. The molecule has 0 aliphatic heterocycles. The minimum absolute atomic E-state index is 0.0394. The second kappa shape index (κ2) is 8.07. The van der Waals surface area contributed by atoms with Crippen LogP contribution in [0.2, 0.25) is 43.1 Å². The lowest BCUT2D eigenvalue weighted by molar-refractivity contribution is 0.138. The Morgan fingerprint density at radius 3 is 0.846 bits per heavy atom. The van der Waals surface area contributed by atoms with Crippen molar-refractivity contribution in [1.82, 2.24) is 0 Å². The standard InChI is InChI=1S/C13HCl9OS3/c14-1-4(17)10(20)24-7(1)13(23,8-2(15)5(18)11(21)25-8)9-3(16)6(19)12(22)26-9/h23H. The van der Waals surface area contributed by atoms with Crippen molar-refractivity contribution in [2.45, 2.75) is 5.60 Å². The number of aliphatic hydroxyl groups is 1. The summed E-state index contributed by atoms with van der Waals surface area (Å²) in [4.78, 5) is 0.548. The highest BCUT2D eigenvalue weighted by Crippen LogP contribution is 2.58. The van der Waals surface area contributed by atoms with E-state index in [4.69, 9.17) is 104 Å². The van der Waals surface area contributed by atoms with Gasteiger partial charge in [0.15, 0.2) is 5.60 Å². The molecule has 0 saturated carbocycles. The van der Waals surface area contributed by atoms with E-state index in [1.54, 1.807) is 0 Å². The van der Waals surface area contributed by atoms with Gasteiger partial charge in [-0.15, -0.1) is 34.0 Å². The summed E-state index contributed by atoms with van der Waals surface area (Å²) in [6.45, 7) is 0. The highest BCUT2D eigenvalue weighted by Gasteiger charge is 2.46. The monoisotopic (exact) mass is 584 g/mol. The van der Waals surface area contributed by atoms with E-state index < -0.39 is 5.60 Å². The van der Waals surface area contributed by atoms with Crippen molar-refractivity contribution in [1.29, 1.82) is 0 Å². The van der Waals surface area contributed by atoms with Crippen LogP contribution in [-0.2, 0) is 5.60 Å². The summed E-state index contributed by atoms with van der Waals surface area (Å²) in [5.74, 6) is 0. The zero-order valence-electron chi connectivity index (χ0n) is 11.6. The zero-order chi connectivity index (χ0) is 19.5. The van der Waals surface area contributed by atoms with Gasteiger partial charge in [-0.25, -0.2) is 0 Å². The Morgan fingerprint density at radius 1 is 0.462 bits per heavy atom. The van der Waals surface area contributed by atoms with Crippen LogP contribution in [0.5, 0.6) is 0 Å². The fraction of sp³-hybridized carbons (Fsp3) is 0.0769. The van der Waals surface area contributed by atoms with Gasteiger partial charge in [-0.3, -0.25) is 0 Å². The Kier molecular flexibility index (Phi) is 6.94. The second-order valence-electron chi connectivity index (χ2n) is 4.71. The van der Waals surface area contributed by atoms with Gasteiger partial charge in [0.05, 0.1) is 44.8 Å². The van der Waals surface area contributed by atoms with E-state index in [-0.39, 0.29) is 57.8 Å². The molecule has 0 aliphatic carbocycles. The van der Waals surface area contributed by atoms with Crippen molar-refractivity contribution >= 4 is 138 Å². The highest BCUT2D eigenvalue weighted by atomic mass is 35.5. The minimum atomic E-state index is -1.96. The van der Waals surface area contributed by atoms with E-state index in [0.29, 0.717) is 0 Å². The molecule has 0 bridgehead atoms. The van der Waals surface area contributed by atoms with Crippen molar-refractivity contribution < 1.29 is 5.11 Å². The van der Waals surface area contributed by atoms with Crippen LogP contribution in [0.25, 0.3) is 0 Å². The molecule has 1 N–H and O–H groups in total. The molecule has 0 saturated heterocycles. The van der Waals surface area contributed by atoms with Gasteiger partial charge in [-0.2, -0.15) is 0 Å². The number of hydrogen-bond donors (Lipinski definition) is 1. The van der Waals surface area contributed by atoms with Gasteiger partial charge in [0, 0.05) is 0 Å². The molecule has 26 heavy (non-hydrogen) atoms. The normalized spacial score (nSPS) is 12.2. The summed E-state index contributed by atoms with van der Waals surface area (Å²) >= 11 is 58.4. The summed E-state index contributed by atoms with van der Waals surface area (Å²) in [6, 6.07) is 0. The van der Waals surface area contributed by atoms with Crippen molar-refractivity contribution in [3.63, 3.8) is 0 Å². The Balaban J connectivity index is 2.44. The SMILES string of the molecule is OC(c1sc(Cl)c(Cl)c1Cl)(c1sc(Cl)c(Cl)c1Cl)c1sc(Cl)c(Cl)c1Cl. The van der Waals surface area contributed by atoms with Crippen molar-refractivity contribution in [3.05, 3.63) is 57.8 Å². The zero-order valence-corrected chi connectivity index (χ0v) is 20.8. The van der Waals surface area contributed by atoms with Gasteiger partial charge in [-0.05, 0) is 0 Å². The lowest BCUT2D eigenvalue weighted by Gasteiger charge is -2.26. The van der Waals surface area contributed by atoms with Crippen LogP contribution >= 0.6 is 138 Å². The molecule has 13 heteroatoms. The molecule has 0 unspecified atom stereocenters. The first kappa shape index (κ1) is 22.4. The quantitative estimate of drug-likeness (QED) is 0.323. The van der Waals surface area contributed by atoms with Gasteiger partial charge in [0.1, 0.15) is 13.0 Å². The fourth-order valence-electron chi connectivity index (χ4n) is 2.10. The molecule has 0 fully saturated rings. The minimum Gasteiger partial charge on any atom is -0.373 e. The second-order valence-corrected chi connectivity index (χ2v) is 11.8. The predicted molar refractivity (Wildman–Crippen MR) is 120 cm³/mol. The molecule has 3 aromatic heterocycles. The third kappa shape index (κ3) is 3.41. The van der Waals surface area contributed by atoms with E-state index in [2.05, 4.69) is 0 Å². The molecule has 0 atom stereocenters. The third-order valence-corrected chi connectivity index (χ3v) is 11.3. The molecular formula is C13HCl9OS3. The van der Waals surface area contributed by atoms with Crippen LogP contribution in [0, 0.1) is 0 Å². The van der Waals surface area contributed by atoms with Crippen LogP contribution in [-0.4, -0.2) is 5.11 Å². The maximum Gasteiger partial charge on any atom is 0.172 e. The van der Waals surface area contributed by atoms with E-state index in [0.717, 1.165) is 34.0 Å². The Hall–Kier alpha value is 1.67. The number of thiophene rings is 3. The molecule has 0 aromatic carbocycles. The molecule has 3 aromatic rings. The van der Waals surface area contributed by atoms with E-state index in [1.165, 1.54) is 0 Å². The third-order valence-electron chi connectivity index (χ3n) is 3.25. The van der Waals surface area contributed by atoms with Crippen molar-refractivity contribution in [2.75, 3.05) is 0 Å². The van der Waals surface area contributed by atoms with Gasteiger partial charge >= 0.3 is 0 Å². The number of halogens is 9. The predicted octanol–water partition coefficient (Wildman–Crippen LogP) is 10.0. The molecule has 140 valence electrons. The maximum absolute atomic E-state index is 11.8. The van der Waals surface area contributed by atoms with Gasteiger partial charge in [-0.1, -0.05) is 104 Å². The average Bonchev–Trinajstić information content (AvgIpc) is 3.13. The Bertz CT molecular complexity index is 892. The molecule has 0 amide bonds. The molecular weight excluding hydrogens is 587 g/mol. The van der Waals surface area contributed by atoms with Crippen molar-refractivity contribution in [2.24, 2.45) is 0 Å². The molecule has 1 nitrogen and oxygen atoms in total. The Labute approximate surface area is 204 Å². The number of rotatable bonds is 3. The molecule has 3 rings (SSSR count). The average molecular weight is 588 g/mol. The summed E-state index contributed by atoms with van der Waals surface area (Å²) in [7, 11) is 0. The van der Waals surface area contributed by atoms with Crippen LogP contribution in [0.1, 0.15) is 14.6 Å². The fourth-order valence-corrected chi connectivity index (χ4v) is 8.17. The van der Waals surface area contributed by atoms with Gasteiger partial charge < -0.3 is 5.11 Å². The molecule has 0 aliphatic rings. The summed E-state index contributed by atoms with van der Waals surface area (Å²) in [6.07, 6.45) is 0. The Morgan fingerprint density at radius 2 is 0.692 bits per heavy atom. The van der Waals surface area contributed by atoms with E-state index in [9.17, 15) is 5.11 Å². The molecule has 0 radical (unpaired) electrons. The maximum atomic E-state index is 11.8. The topological polar surface area (TPSA) is 20.2 Å². The van der Waals surface area contributed by atoms with E-state index in [1.807, 2.05) is 0 Å². The highest BCUT2D eigenvalue weighted by molar-refractivity contribution is 7.21. The first-order valence-corrected chi connectivity index (χ1v) is 12.0.